The summed E-state index contributed by atoms with van der Waals surface area (Å²) in [6.07, 6.45) is -4.96. The fraction of sp³-hybridized carbons (Fsp3) is 0.500. The molecular weight excluding hydrogens is 302 g/mol. The van der Waals surface area contributed by atoms with Crippen LogP contribution in [-0.4, -0.2) is 62.4 Å². The van der Waals surface area contributed by atoms with Crippen molar-refractivity contribution in [3.8, 4) is 0 Å². The second-order valence-electron chi connectivity index (χ2n) is 4.44. The summed E-state index contributed by atoms with van der Waals surface area (Å²) < 4.78 is 5.37. The molecule has 6 N–H and O–H groups in total. The SMILES string of the molecule is O=[NH+]c1ccc(S[C@@H]2O[C@H](CO)[C@H](O)[C@H](O)[C@H]2O)cc1.[OH-]. The van der Waals surface area contributed by atoms with E-state index in [9.17, 15) is 20.2 Å². The van der Waals surface area contributed by atoms with Crippen LogP contribution in [0.5, 0.6) is 0 Å². The summed E-state index contributed by atoms with van der Waals surface area (Å²) in [5, 5.41) is 40.1. The van der Waals surface area contributed by atoms with Gasteiger partial charge in [-0.2, -0.15) is 0 Å². The molecule has 21 heavy (non-hydrogen) atoms. The van der Waals surface area contributed by atoms with Gasteiger partial charge in [0.25, 0.3) is 5.69 Å². The van der Waals surface area contributed by atoms with Crippen LogP contribution in [0, 0.1) is 4.91 Å². The summed E-state index contributed by atoms with van der Waals surface area (Å²) in [4.78, 5) is 11.2. The third kappa shape index (κ3) is 3.98. The molecular formula is C12H17NO7S. The Labute approximate surface area is 124 Å². The molecule has 1 fully saturated rings. The van der Waals surface area contributed by atoms with Gasteiger partial charge in [0.1, 0.15) is 29.9 Å². The summed E-state index contributed by atoms with van der Waals surface area (Å²) in [5.41, 5.74) is -0.417. The molecule has 0 saturated carbocycles. The van der Waals surface area contributed by atoms with E-state index in [0.717, 1.165) is 11.8 Å². The molecule has 0 radical (unpaired) electrons. The third-order valence-electron chi connectivity index (χ3n) is 3.07. The standard InChI is InChI=1S/C12H15NO6S.H2O/c14-5-8-9(15)10(16)11(17)12(19-8)20-7-3-1-6(13-18)2-4-7;/h1-4,8-12,14-17H,5H2;1H2/t8-,9+,10+,11-,12+;/m1./s1. The lowest BCUT2D eigenvalue weighted by atomic mass is 10.0. The predicted molar refractivity (Wildman–Crippen MR) is 72.0 cm³/mol. The highest BCUT2D eigenvalue weighted by Crippen LogP contribution is 2.33. The van der Waals surface area contributed by atoms with Crippen molar-refractivity contribution in [2.75, 3.05) is 6.61 Å². The summed E-state index contributed by atoms with van der Waals surface area (Å²) >= 11 is 1.13. The molecule has 8 nitrogen and oxygen atoms in total. The van der Waals surface area contributed by atoms with Crippen LogP contribution in [0.4, 0.5) is 5.69 Å². The highest BCUT2D eigenvalue weighted by atomic mass is 32.2. The lowest BCUT2D eigenvalue weighted by molar-refractivity contribution is -0.379. The van der Waals surface area contributed by atoms with Gasteiger partial charge in [-0.25, -0.2) is 0 Å². The molecule has 0 spiro atoms. The lowest BCUT2D eigenvalue weighted by Gasteiger charge is -2.39. The Morgan fingerprint density at radius 1 is 1.10 bits per heavy atom. The molecule has 1 heterocycles. The van der Waals surface area contributed by atoms with Crippen LogP contribution < -0.4 is 5.18 Å². The number of hydrogen-bond acceptors (Lipinski definition) is 8. The molecule has 1 aromatic carbocycles. The van der Waals surface area contributed by atoms with Gasteiger partial charge < -0.3 is 30.6 Å². The summed E-state index contributed by atoms with van der Waals surface area (Å²) in [5.74, 6) is 0. The third-order valence-corrected chi connectivity index (χ3v) is 4.24. The smallest absolute Gasteiger partial charge is 0.253 e. The monoisotopic (exact) mass is 319 g/mol. The Hall–Kier alpha value is -1.07. The number of nitroso groups, excluding NO2 is 1. The number of benzene rings is 1. The average molecular weight is 319 g/mol. The average Bonchev–Trinajstić information content (AvgIpc) is 2.48. The Morgan fingerprint density at radius 3 is 2.24 bits per heavy atom. The molecule has 5 atom stereocenters. The Kier molecular flexibility index (Phi) is 6.68. The molecule has 118 valence electrons. The number of hydrogen-bond donors (Lipinski definition) is 5. The van der Waals surface area contributed by atoms with Crippen molar-refractivity contribution in [2.45, 2.75) is 34.7 Å². The Morgan fingerprint density at radius 2 is 1.71 bits per heavy atom. The summed E-state index contributed by atoms with van der Waals surface area (Å²) in [6, 6.07) is 6.46. The molecule has 0 bridgehead atoms. The van der Waals surface area contributed by atoms with Crippen molar-refractivity contribution < 1.29 is 35.8 Å². The first kappa shape index (κ1) is 18.0. The van der Waals surface area contributed by atoms with E-state index in [-0.39, 0.29) is 5.48 Å². The number of aliphatic hydroxyl groups excluding tert-OH is 4. The minimum atomic E-state index is -1.39. The van der Waals surface area contributed by atoms with E-state index >= 15 is 0 Å². The van der Waals surface area contributed by atoms with Crippen LogP contribution >= 0.6 is 11.8 Å². The topological polar surface area (TPSA) is 151 Å². The van der Waals surface area contributed by atoms with Crippen molar-refractivity contribution >= 4 is 17.4 Å². The highest BCUT2D eigenvalue weighted by molar-refractivity contribution is 7.99. The normalized spacial score (nSPS) is 32.3. The van der Waals surface area contributed by atoms with E-state index in [1.807, 2.05) is 0 Å². The van der Waals surface area contributed by atoms with Gasteiger partial charge in [0, 0.05) is 27.1 Å². The van der Waals surface area contributed by atoms with E-state index in [1.165, 1.54) is 0 Å². The van der Waals surface area contributed by atoms with Gasteiger partial charge in [-0.15, -0.1) is 0 Å². The number of thioether (sulfide) groups is 1. The van der Waals surface area contributed by atoms with E-state index in [1.54, 1.807) is 29.4 Å². The van der Waals surface area contributed by atoms with Crippen LogP contribution in [0.25, 0.3) is 0 Å². The van der Waals surface area contributed by atoms with Gasteiger partial charge in [0.2, 0.25) is 0 Å². The fourth-order valence-electron chi connectivity index (χ4n) is 1.90. The van der Waals surface area contributed by atoms with E-state index < -0.39 is 36.5 Å². The molecule has 1 saturated heterocycles. The highest BCUT2D eigenvalue weighted by Gasteiger charge is 2.43. The van der Waals surface area contributed by atoms with Crippen LogP contribution in [-0.2, 0) is 4.74 Å². The number of rotatable bonds is 4. The van der Waals surface area contributed by atoms with Crippen molar-refractivity contribution in [3.05, 3.63) is 29.2 Å². The number of nitrogens with one attached hydrogen (secondary N) is 1. The minimum Gasteiger partial charge on any atom is -0.870 e. The minimum absolute atomic E-state index is 0. The van der Waals surface area contributed by atoms with Crippen molar-refractivity contribution in [1.29, 1.82) is 0 Å². The molecule has 1 aliphatic heterocycles. The van der Waals surface area contributed by atoms with E-state index in [4.69, 9.17) is 9.84 Å². The zero-order valence-corrected chi connectivity index (χ0v) is 11.7. The largest absolute Gasteiger partial charge is 0.870 e. The van der Waals surface area contributed by atoms with Gasteiger partial charge in [0.15, 0.2) is 0 Å². The van der Waals surface area contributed by atoms with Crippen molar-refractivity contribution in [1.82, 2.24) is 0 Å². The van der Waals surface area contributed by atoms with Gasteiger partial charge in [-0.3, -0.25) is 0 Å². The maximum absolute atomic E-state index is 10.4. The van der Waals surface area contributed by atoms with E-state index in [2.05, 4.69) is 0 Å². The maximum atomic E-state index is 10.4. The maximum Gasteiger partial charge on any atom is 0.253 e. The molecule has 1 aliphatic rings. The second kappa shape index (κ2) is 7.80. The van der Waals surface area contributed by atoms with Crippen LogP contribution in [0.1, 0.15) is 0 Å². The molecule has 9 heteroatoms. The summed E-state index contributed by atoms with van der Waals surface area (Å²) in [6.45, 7) is -0.457. The van der Waals surface area contributed by atoms with Gasteiger partial charge in [-0.05, 0) is 12.1 Å². The van der Waals surface area contributed by atoms with Gasteiger partial charge >= 0.3 is 0 Å². The zero-order chi connectivity index (χ0) is 14.7. The molecule has 0 unspecified atom stereocenters. The van der Waals surface area contributed by atoms with E-state index in [0.29, 0.717) is 10.6 Å². The molecule has 2 rings (SSSR count). The van der Waals surface area contributed by atoms with Crippen LogP contribution in [0.2, 0.25) is 0 Å². The first-order chi connectivity index (χ1) is 9.56. The molecule has 0 aliphatic carbocycles. The number of ether oxygens (including phenoxy) is 1. The Bertz CT molecular complexity index is 455. The van der Waals surface area contributed by atoms with Gasteiger partial charge in [0.05, 0.1) is 6.61 Å². The first-order valence-corrected chi connectivity index (χ1v) is 6.90. The fourth-order valence-corrected chi connectivity index (χ4v) is 2.96. The summed E-state index contributed by atoms with van der Waals surface area (Å²) in [7, 11) is 0. The second-order valence-corrected chi connectivity index (χ2v) is 5.61. The Balaban J connectivity index is 0.00000220. The molecule has 0 aromatic heterocycles. The van der Waals surface area contributed by atoms with Gasteiger partial charge in [-0.1, -0.05) is 11.8 Å². The predicted octanol–water partition coefficient (Wildman–Crippen LogP) is -2.12. The zero-order valence-electron chi connectivity index (χ0n) is 10.9. The van der Waals surface area contributed by atoms with Crippen molar-refractivity contribution in [2.24, 2.45) is 0 Å². The lowest BCUT2D eigenvalue weighted by Crippen LogP contribution is -2.57. The molecule has 1 aromatic rings. The first-order valence-electron chi connectivity index (χ1n) is 6.02. The number of aliphatic hydroxyl groups is 4. The van der Waals surface area contributed by atoms with Crippen molar-refractivity contribution in [3.63, 3.8) is 0 Å². The van der Waals surface area contributed by atoms with Crippen LogP contribution in [0.15, 0.2) is 29.2 Å². The molecule has 0 amide bonds. The van der Waals surface area contributed by atoms with Crippen LogP contribution in [0.3, 0.4) is 0 Å². The quantitative estimate of drug-likeness (QED) is 0.422.